The van der Waals surface area contributed by atoms with E-state index in [0.29, 0.717) is 10.6 Å². The summed E-state index contributed by atoms with van der Waals surface area (Å²) in [7, 11) is 0. The number of hydrogen-bond acceptors (Lipinski definition) is 4. The lowest BCUT2D eigenvalue weighted by Gasteiger charge is -2.08. The van der Waals surface area contributed by atoms with Crippen LogP contribution in [0.1, 0.15) is 27.6 Å². The zero-order valence-electron chi connectivity index (χ0n) is 10.5. The first-order valence-electron chi connectivity index (χ1n) is 5.65. The first-order chi connectivity index (χ1) is 9.47. The fourth-order valence-corrected chi connectivity index (χ4v) is 1.80. The number of rotatable bonds is 4. The Labute approximate surface area is 119 Å². The molecule has 0 saturated carbocycles. The maximum Gasteiger partial charge on any atom is 0.341 e. The molecule has 0 radical (unpaired) electrons. The number of halogens is 1. The number of carbonyl (C=O) groups excluding carboxylic acids is 1. The summed E-state index contributed by atoms with van der Waals surface area (Å²) >= 11 is 5.89. The summed E-state index contributed by atoms with van der Waals surface area (Å²) < 4.78 is 5.41. The second-order valence-corrected chi connectivity index (χ2v) is 4.43. The summed E-state index contributed by atoms with van der Waals surface area (Å²) in [5.74, 6) is -1.13. The van der Waals surface area contributed by atoms with Crippen molar-refractivity contribution in [2.24, 2.45) is 0 Å². The van der Waals surface area contributed by atoms with Gasteiger partial charge in [-0.25, -0.2) is 9.78 Å². The molecule has 102 valence electrons. The van der Waals surface area contributed by atoms with Crippen molar-refractivity contribution in [1.29, 1.82) is 0 Å². The van der Waals surface area contributed by atoms with Crippen molar-refractivity contribution in [1.82, 2.24) is 4.98 Å². The standard InChI is InChI=1S/C14H10ClNO4/c1-8(17)9-5-10(15)7-11(6-9)20-13-12(14(18)19)3-2-4-16-13/h2-7H,1H3,(H,18,19). The normalized spacial score (nSPS) is 10.1. The van der Waals surface area contributed by atoms with Gasteiger partial charge in [0.2, 0.25) is 5.88 Å². The molecule has 0 bridgehead atoms. The Morgan fingerprint density at radius 3 is 2.70 bits per heavy atom. The molecule has 0 fully saturated rings. The van der Waals surface area contributed by atoms with Gasteiger partial charge >= 0.3 is 5.97 Å². The van der Waals surface area contributed by atoms with Crippen molar-refractivity contribution < 1.29 is 19.4 Å². The van der Waals surface area contributed by atoms with E-state index in [9.17, 15) is 9.59 Å². The van der Waals surface area contributed by atoms with Crippen LogP contribution in [0, 0.1) is 0 Å². The Balaban J connectivity index is 2.40. The minimum atomic E-state index is -1.15. The van der Waals surface area contributed by atoms with Gasteiger partial charge in [0.1, 0.15) is 11.3 Å². The van der Waals surface area contributed by atoms with Crippen LogP contribution < -0.4 is 4.74 Å². The van der Waals surface area contributed by atoms with E-state index in [4.69, 9.17) is 21.4 Å². The molecule has 0 aliphatic rings. The lowest BCUT2D eigenvalue weighted by Crippen LogP contribution is -2.02. The number of carboxylic acid groups (broad SMARTS) is 1. The quantitative estimate of drug-likeness (QED) is 0.873. The van der Waals surface area contributed by atoms with Gasteiger partial charge in [-0.1, -0.05) is 11.6 Å². The molecule has 1 aromatic heterocycles. The smallest absolute Gasteiger partial charge is 0.341 e. The van der Waals surface area contributed by atoms with Crippen molar-refractivity contribution in [3.05, 3.63) is 52.7 Å². The number of carbonyl (C=O) groups is 2. The summed E-state index contributed by atoms with van der Waals surface area (Å²) in [6.45, 7) is 1.40. The fourth-order valence-electron chi connectivity index (χ4n) is 1.57. The first kappa shape index (κ1) is 14.0. The number of ketones is 1. The van der Waals surface area contributed by atoms with Gasteiger partial charge in [0, 0.05) is 16.8 Å². The topological polar surface area (TPSA) is 76.5 Å². The number of carboxylic acids is 1. The zero-order valence-corrected chi connectivity index (χ0v) is 11.2. The van der Waals surface area contributed by atoms with Crippen LogP contribution in [0.15, 0.2) is 36.5 Å². The second kappa shape index (κ2) is 5.71. The summed E-state index contributed by atoms with van der Waals surface area (Å²) in [6, 6.07) is 7.34. The number of Topliss-reactive ketones (excluding diaryl/α,β-unsaturated/α-hetero) is 1. The van der Waals surface area contributed by atoms with Crippen molar-refractivity contribution in [3.8, 4) is 11.6 Å². The van der Waals surface area contributed by atoms with E-state index in [-0.39, 0.29) is 23.0 Å². The molecule has 0 aliphatic heterocycles. The summed E-state index contributed by atoms with van der Waals surface area (Å²) in [4.78, 5) is 26.3. The van der Waals surface area contributed by atoms with Crippen LogP contribution in [0.3, 0.4) is 0 Å². The molecule has 20 heavy (non-hydrogen) atoms. The average Bonchev–Trinajstić information content (AvgIpc) is 2.38. The van der Waals surface area contributed by atoms with E-state index in [1.54, 1.807) is 0 Å². The van der Waals surface area contributed by atoms with Crippen molar-refractivity contribution in [2.45, 2.75) is 6.92 Å². The number of pyridine rings is 1. The molecule has 0 saturated heterocycles. The van der Waals surface area contributed by atoms with Crippen LogP contribution in [0.5, 0.6) is 11.6 Å². The highest BCUT2D eigenvalue weighted by atomic mass is 35.5. The summed E-state index contributed by atoms with van der Waals surface area (Å²) in [5, 5.41) is 9.36. The maximum absolute atomic E-state index is 11.4. The third kappa shape index (κ3) is 3.13. The lowest BCUT2D eigenvalue weighted by atomic mass is 10.1. The molecule has 0 spiro atoms. The van der Waals surface area contributed by atoms with Gasteiger partial charge < -0.3 is 9.84 Å². The predicted octanol–water partition coefficient (Wildman–Crippen LogP) is 3.43. The van der Waals surface area contributed by atoms with Gasteiger partial charge in [-0.2, -0.15) is 0 Å². The lowest BCUT2D eigenvalue weighted by molar-refractivity contribution is 0.0693. The molecule has 2 rings (SSSR count). The fraction of sp³-hybridized carbons (Fsp3) is 0.0714. The van der Waals surface area contributed by atoms with Crippen LogP contribution in [0.2, 0.25) is 5.02 Å². The van der Waals surface area contributed by atoms with E-state index in [1.165, 1.54) is 43.5 Å². The molecular weight excluding hydrogens is 282 g/mol. The number of benzene rings is 1. The molecule has 6 heteroatoms. The SMILES string of the molecule is CC(=O)c1cc(Cl)cc(Oc2ncccc2C(=O)O)c1. The molecule has 5 nitrogen and oxygen atoms in total. The molecule has 0 amide bonds. The van der Waals surface area contributed by atoms with Crippen molar-refractivity contribution in [3.63, 3.8) is 0 Å². The van der Waals surface area contributed by atoms with E-state index < -0.39 is 5.97 Å². The van der Waals surface area contributed by atoms with Crippen LogP contribution in [0.25, 0.3) is 0 Å². The molecule has 0 aliphatic carbocycles. The van der Waals surface area contributed by atoms with Crippen molar-refractivity contribution in [2.75, 3.05) is 0 Å². The van der Waals surface area contributed by atoms with Crippen LogP contribution >= 0.6 is 11.6 Å². The number of aromatic nitrogens is 1. The van der Waals surface area contributed by atoms with Gasteiger partial charge in [-0.05, 0) is 37.3 Å². The van der Waals surface area contributed by atoms with E-state index in [0.717, 1.165) is 0 Å². The Morgan fingerprint density at radius 2 is 2.05 bits per heavy atom. The van der Waals surface area contributed by atoms with Crippen LogP contribution in [0.4, 0.5) is 0 Å². The Kier molecular flexibility index (Phi) is 4.00. The third-order valence-electron chi connectivity index (χ3n) is 2.49. The number of nitrogens with zero attached hydrogens (tertiary/aromatic N) is 1. The van der Waals surface area contributed by atoms with Crippen molar-refractivity contribution >= 4 is 23.4 Å². The highest BCUT2D eigenvalue weighted by Crippen LogP contribution is 2.27. The highest BCUT2D eigenvalue weighted by Gasteiger charge is 2.13. The predicted molar refractivity (Wildman–Crippen MR) is 72.7 cm³/mol. The van der Waals surface area contributed by atoms with Gasteiger partial charge in [0.05, 0.1) is 0 Å². The highest BCUT2D eigenvalue weighted by molar-refractivity contribution is 6.31. The van der Waals surface area contributed by atoms with Gasteiger partial charge in [-0.3, -0.25) is 4.79 Å². The molecule has 0 unspecified atom stereocenters. The molecule has 1 aromatic carbocycles. The first-order valence-corrected chi connectivity index (χ1v) is 6.03. The molecule has 0 atom stereocenters. The minimum Gasteiger partial charge on any atom is -0.477 e. The summed E-state index contributed by atoms with van der Waals surface area (Å²) in [5.41, 5.74) is 0.303. The Morgan fingerprint density at radius 1 is 1.30 bits per heavy atom. The number of aromatic carboxylic acids is 1. The maximum atomic E-state index is 11.4. The molecule has 2 aromatic rings. The van der Waals surface area contributed by atoms with Gasteiger partial charge in [0.25, 0.3) is 0 Å². The molecular formula is C14H10ClNO4. The minimum absolute atomic E-state index is 0.0585. The van der Waals surface area contributed by atoms with Gasteiger partial charge in [-0.15, -0.1) is 0 Å². The monoisotopic (exact) mass is 291 g/mol. The van der Waals surface area contributed by atoms with E-state index in [2.05, 4.69) is 4.98 Å². The summed E-state index contributed by atoms with van der Waals surface area (Å²) in [6.07, 6.45) is 1.41. The molecule has 1 heterocycles. The van der Waals surface area contributed by atoms with Crippen LogP contribution in [-0.2, 0) is 0 Å². The number of ether oxygens (including phenoxy) is 1. The van der Waals surface area contributed by atoms with E-state index >= 15 is 0 Å². The third-order valence-corrected chi connectivity index (χ3v) is 2.71. The Hall–Kier alpha value is -2.40. The molecule has 1 N–H and O–H groups in total. The zero-order chi connectivity index (χ0) is 14.7. The second-order valence-electron chi connectivity index (χ2n) is 4.00. The largest absolute Gasteiger partial charge is 0.477 e. The average molecular weight is 292 g/mol. The van der Waals surface area contributed by atoms with Gasteiger partial charge in [0.15, 0.2) is 5.78 Å². The Bertz CT molecular complexity index is 685. The number of hydrogen-bond donors (Lipinski definition) is 1. The van der Waals surface area contributed by atoms with Crippen LogP contribution in [-0.4, -0.2) is 21.8 Å². The van der Waals surface area contributed by atoms with E-state index in [1.807, 2.05) is 0 Å².